The molecule has 0 fully saturated rings. The van der Waals surface area contributed by atoms with Crippen LogP contribution >= 0.6 is 0 Å². The molecule has 1 aromatic rings. The number of carbonyl (C=O) groups is 1. The van der Waals surface area contributed by atoms with Crippen LogP contribution in [-0.2, 0) is 4.79 Å². The fourth-order valence-electron chi connectivity index (χ4n) is 1.58. The first-order chi connectivity index (χ1) is 7.49. The van der Waals surface area contributed by atoms with E-state index in [0.717, 1.165) is 12.1 Å². The lowest BCUT2D eigenvalue weighted by Crippen LogP contribution is -2.42. The molecule has 6 heteroatoms. The number of likely N-dealkylation sites (N-methyl/N-ethyl adjacent to an activating group) is 1. The summed E-state index contributed by atoms with van der Waals surface area (Å²) < 4.78 is 31.0. The quantitative estimate of drug-likeness (QED) is 0.787. The van der Waals surface area contributed by atoms with Gasteiger partial charge in [-0.1, -0.05) is 0 Å². The maximum Gasteiger partial charge on any atom is 0.346 e. The van der Waals surface area contributed by atoms with Crippen LogP contribution in [0.1, 0.15) is 0 Å². The van der Waals surface area contributed by atoms with Gasteiger partial charge in [-0.15, -0.1) is 0 Å². The van der Waals surface area contributed by atoms with E-state index in [1.165, 1.54) is 4.90 Å². The molecule has 0 spiro atoms. The number of carboxylic acid groups (broad SMARTS) is 1. The topological polar surface area (TPSA) is 49.8 Å². The van der Waals surface area contributed by atoms with Gasteiger partial charge in [-0.3, -0.25) is 0 Å². The molecule has 0 bridgehead atoms. The van der Waals surface area contributed by atoms with Crippen LogP contribution in [0.2, 0.25) is 0 Å². The number of rotatable bonds is 1. The third kappa shape index (κ3) is 1.66. The number of ether oxygens (including phenoxy) is 1. The summed E-state index contributed by atoms with van der Waals surface area (Å²) in [4.78, 5) is 12.3. The van der Waals surface area contributed by atoms with Crippen molar-refractivity contribution in [1.82, 2.24) is 0 Å². The molecule has 0 amide bonds. The Bertz CT molecular complexity index is 450. The Balaban J connectivity index is 2.42. The number of anilines is 1. The standard InChI is InChI=1S/C10H9F2NO3/c1-13-4-9(10(14)15)16-8-3-6(12)5(11)2-7(8)13/h2-3,9H,4H2,1H3,(H,14,15). The monoisotopic (exact) mass is 229 g/mol. The fourth-order valence-corrected chi connectivity index (χ4v) is 1.58. The van der Waals surface area contributed by atoms with E-state index in [-0.39, 0.29) is 12.3 Å². The number of aliphatic carboxylic acids is 1. The minimum Gasteiger partial charge on any atom is -0.478 e. The summed E-state index contributed by atoms with van der Waals surface area (Å²) >= 11 is 0. The molecule has 4 nitrogen and oxygen atoms in total. The Morgan fingerprint density at radius 3 is 2.75 bits per heavy atom. The van der Waals surface area contributed by atoms with Gasteiger partial charge in [0.15, 0.2) is 11.6 Å². The first-order valence-electron chi connectivity index (χ1n) is 4.58. The number of halogens is 2. The van der Waals surface area contributed by atoms with Crippen molar-refractivity contribution in [3.8, 4) is 5.75 Å². The van der Waals surface area contributed by atoms with Crippen LogP contribution in [0.25, 0.3) is 0 Å². The van der Waals surface area contributed by atoms with Crippen molar-refractivity contribution in [2.75, 3.05) is 18.5 Å². The zero-order chi connectivity index (χ0) is 11.9. The summed E-state index contributed by atoms with van der Waals surface area (Å²) in [5.74, 6) is -3.14. The van der Waals surface area contributed by atoms with Crippen molar-refractivity contribution in [1.29, 1.82) is 0 Å². The highest BCUT2D eigenvalue weighted by molar-refractivity contribution is 5.76. The molecule has 1 aliphatic heterocycles. The Morgan fingerprint density at radius 2 is 2.12 bits per heavy atom. The molecule has 1 unspecified atom stereocenters. The highest BCUT2D eigenvalue weighted by Gasteiger charge is 2.29. The molecule has 1 aromatic carbocycles. The summed E-state index contributed by atoms with van der Waals surface area (Å²) in [5, 5.41) is 8.79. The summed E-state index contributed by atoms with van der Waals surface area (Å²) in [5.41, 5.74) is 0.344. The van der Waals surface area contributed by atoms with Gasteiger partial charge < -0.3 is 14.7 Å². The van der Waals surface area contributed by atoms with Crippen molar-refractivity contribution >= 4 is 11.7 Å². The van der Waals surface area contributed by atoms with Crippen LogP contribution in [-0.4, -0.2) is 30.8 Å². The van der Waals surface area contributed by atoms with E-state index in [1.54, 1.807) is 7.05 Å². The maximum absolute atomic E-state index is 13.0. The van der Waals surface area contributed by atoms with Crippen LogP contribution in [0, 0.1) is 11.6 Å². The van der Waals surface area contributed by atoms with E-state index in [0.29, 0.717) is 5.69 Å². The molecular formula is C10H9F2NO3. The number of benzene rings is 1. The molecule has 1 heterocycles. The first-order valence-corrected chi connectivity index (χ1v) is 4.58. The molecule has 2 rings (SSSR count). The van der Waals surface area contributed by atoms with E-state index in [9.17, 15) is 13.6 Å². The molecule has 1 N–H and O–H groups in total. The average Bonchev–Trinajstić information content (AvgIpc) is 2.20. The largest absolute Gasteiger partial charge is 0.478 e. The number of carboxylic acids is 1. The first kappa shape index (κ1) is 10.7. The van der Waals surface area contributed by atoms with E-state index in [2.05, 4.69) is 0 Å². The van der Waals surface area contributed by atoms with Crippen molar-refractivity contribution < 1.29 is 23.4 Å². The Kier molecular flexibility index (Phi) is 2.41. The van der Waals surface area contributed by atoms with Gasteiger partial charge in [0.1, 0.15) is 5.75 Å². The van der Waals surface area contributed by atoms with Gasteiger partial charge in [-0.25, -0.2) is 13.6 Å². The lowest BCUT2D eigenvalue weighted by atomic mass is 10.2. The molecule has 1 aliphatic rings. The molecule has 0 aliphatic carbocycles. The van der Waals surface area contributed by atoms with E-state index in [4.69, 9.17) is 9.84 Å². The van der Waals surface area contributed by atoms with Gasteiger partial charge in [-0.05, 0) is 0 Å². The van der Waals surface area contributed by atoms with Crippen molar-refractivity contribution in [2.45, 2.75) is 6.10 Å². The Morgan fingerprint density at radius 1 is 1.50 bits per heavy atom. The van der Waals surface area contributed by atoms with E-state index < -0.39 is 23.7 Å². The van der Waals surface area contributed by atoms with Crippen molar-refractivity contribution in [3.05, 3.63) is 23.8 Å². The minimum atomic E-state index is -1.14. The average molecular weight is 229 g/mol. The summed E-state index contributed by atoms with van der Waals surface area (Å²) in [6.45, 7) is 0.0907. The zero-order valence-corrected chi connectivity index (χ0v) is 8.41. The highest BCUT2D eigenvalue weighted by Crippen LogP contribution is 2.34. The predicted octanol–water partition coefficient (Wildman–Crippen LogP) is 1.25. The molecule has 0 radical (unpaired) electrons. The molecule has 86 valence electrons. The SMILES string of the molecule is CN1CC(C(=O)O)Oc2cc(F)c(F)cc21. The molecule has 0 saturated carbocycles. The third-order valence-electron chi connectivity index (χ3n) is 2.40. The zero-order valence-electron chi connectivity index (χ0n) is 8.41. The molecule has 1 atom stereocenters. The van der Waals surface area contributed by atoms with Crippen LogP contribution < -0.4 is 9.64 Å². The lowest BCUT2D eigenvalue weighted by molar-refractivity contribution is -0.144. The second kappa shape index (κ2) is 3.62. The number of fused-ring (bicyclic) bond motifs is 1. The lowest BCUT2D eigenvalue weighted by Gasteiger charge is -2.31. The van der Waals surface area contributed by atoms with Crippen LogP contribution in [0.3, 0.4) is 0 Å². The third-order valence-corrected chi connectivity index (χ3v) is 2.40. The second-order valence-corrected chi connectivity index (χ2v) is 3.56. The number of nitrogens with zero attached hydrogens (tertiary/aromatic N) is 1. The van der Waals surface area contributed by atoms with Gasteiger partial charge in [0.25, 0.3) is 0 Å². The fraction of sp³-hybridized carbons (Fsp3) is 0.300. The van der Waals surface area contributed by atoms with Gasteiger partial charge in [0, 0.05) is 19.2 Å². The number of hydrogen-bond donors (Lipinski definition) is 1. The molecule has 0 saturated heterocycles. The molecule has 16 heavy (non-hydrogen) atoms. The smallest absolute Gasteiger partial charge is 0.346 e. The Labute approximate surface area is 90.0 Å². The maximum atomic E-state index is 13.0. The van der Waals surface area contributed by atoms with Crippen molar-refractivity contribution in [3.63, 3.8) is 0 Å². The summed E-state index contributed by atoms with van der Waals surface area (Å²) in [7, 11) is 1.59. The minimum absolute atomic E-state index is 0.0417. The van der Waals surface area contributed by atoms with Crippen LogP contribution in [0.4, 0.5) is 14.5 Å². The van der Waals surface area contributed by atoms with E-state index in [1.807, 2.05) is 0 Å². The Hall–Kier alpha value is -1.85. The number of hydrogen-bond acceptors (Lipinski definition) is 3. The summed E-state index contributed by atoms with van der Waals surface area (Å²) in [6.07, 6.45) is -1.07. The second-order valence-electron chi connectivity index (χ2n) is 3.56. The molecular weight excluding hydrogens is 220 g/mol. The summed E-state index contributed by atoms with van der Waals surface area (Å²) in [6, 6.07) is 1.85. The normalized spacial score (nSPS) is 18.9. The van der Waals surface area contributed by atoms with Crippen molar-refractivity contribution in [2.24, 2.45) is 0 Å². The predicted molar refractivity (Wildman–Crippen MR) is 51.7 cm³/mol. The highest BCUT2D eigenvalue weighted by atomic mass is 19.2. The van der Waals surface area contributed by atoms with Crippen LogP contribution in [0.15, 0.2) is 12.1 Å². The van der Waals surface area contributed by atoms with E-state index >= 15 is 0 Å². The molecule has 0 aromatic heterocycles. The van der Waals surface area contributed by atoms with Gasteiger partial charge >= 0.3 is 5.97 Å². The van der Waals surface area contributed by atoms with Gasteiger partial charge in [0.05, 0.1) is 12.2 Å². The van der Waals surface area contributed by atoms with Gasteiger partial charge in [-0.2, -0.15) is 0 Å². The van der Waals surface area contributed by atoms with Crippen LogP contribution in [0.5, 0.6) is 5.75 Å². The van der Waals surface area contributed by atoms with Gasteiger partial charge in [0.2, 0.25) is 6.10 Å².